The van der Waals surface area contributed by atoms with E-state index in [9.17, 15) is 28.1 Å². The molecule has 9 heteroatoms. The number of rotatable bonds is 13. The maximum absolute atomic E-state index is 14.0. The van der Waals surface area contributed by atoms with Gasteiger partial charge < -0.3 is 19.7 Å². The maximum atomic E-state index is 14.0. The van der Waals surface area contributed by atoms with Crippen LogP contribution in [-0.2, 0) is 14.3 Å². The molecule has 0 bridgehead atoms. The van der Waals surface area contributed by atoms with Crippen LogP contribution in [0.2, 0.25) is 5.04 Å². The molecule has 4 rings (SSSR count). The second-order valence-corrected chi connectivity index (χ2v) is 19.3. The van der Waals surface area contributed by atoms with Crippen LogP contribution in [0.15, 0.2) is 95.6 Å². The number of aromatic hydroxyl groups is 1. The molecule has 0 spiro atoms. The minimum Gasteiger partial charge on any atom is -0.505 e. The van der Waals surface area contributed by atoms with Crippen LogP contribution in [0.1, 0.15) is 58.9 Å². The molecule has 0 radical (unpaired) electrons. The van der Waals surface area contributed by atoms with Gasteiger partial charge >= 0.3 is 0 Å². The molecule has 0 fully saturated rings. The van der Waals surface area contributed by atoms with Crippen LogP contribution in [0.25, 0.3) is 6.08 Å². The monoisotopic (exact) mass is 652 g/mol. The van der Waals surface area contributed by atoms with Gasteiger partial charge in [0.2, 0.25) is 0 Å². The lowest BCUT2D eigenvalue weighted by molar-refractivity contribution is 0.186. The molecule has 1 aliphatic heterocycles. The summed E-state index contributed by atoms with van der Waals surface area (Å²) < 4.78 is 47.6. The first kappa shape index (κ1) is 34.8. The minimum absolute atomic E-state index is 0.0137. The lowest BCUT2D eigenvalue weighted by Gasteiger charge is -2.43. The molecule has 0 amide bonds. The average molecular weight is 653 g/mol. The Morgan fingerprint density at radius 3 is 2.13 bits per heavy atom. The lowest BCUT2D eigenvalue weighted by Crippen LogP contribution is -2.66. The Kier molecular flexibility index (Phi) is 11.3. The van der Waals surface area contributed by atoms with Crippen LogP contribution in [0, 0.1) is 5.82 Å². The Hall–Kier alpha value is -3.08. The van der Waals surface area contributed by atoms with E-state index in [1.807, 2.05) is 49.4 Å². The van der Waals surface area contributed by atoms with E-state index < -0.39 is 47.7 Å². The molecule has 2 atom stereocenters. The van der Waals surface area contributed by atoms with Gasteiger partial charge in [0.15, 0.2) is 21.4 Å². The molecular weight excluding hydrogens is 608 g/mol. The third kappa shape index (κ3) is 7.66. The van der Waals surface area contributed by atoms with Crippen LogP contribution >= 0.6 is 0 Å². The summed E-state index contributed by atoms with van der Waals surface area (Å²) in [5.41, 5.74) is 2.38. The highest BCUT2D eigenvalue weighted by atomic mass is 32.2. The Labute approximate surface area is 268 Å². The summed E-state index contributed by atoms with van der Waals surface area (Å²) in [6.07, 6.45) is 2.94. The van der Waals surface area contributed by atoms with Crippen molar-refractivity contribution in [3.63, 3.8) is 0 Å². The summed E-state index contributed by atoms with van der Waals surface area (Å²) >= 11 is 0. The summed E-state index contributed by atoms with van der Waals surface area (Å²) in [5.74, 6) is -1.41. The largest absolute Gasteiger partial charge is 0.505 e. The van der Waals surface area contributed by atoms with Gasteiger partial charge in [0.25, 0.3) is 8.32 Å². The molecule has 0 unspecified atom stereocenters. The van der Waals surface area contributed by atoms with Crippen molar-refractivity contribution >= 4 is 34.6 Å². The highest BCUT2D eigenvalue weighted by molar-refractivity contribution is 7.92. The highest BCUT2D eigenvalue weighted by Crippen LogP contribution is 2.39. The zero-order valence-corrected chi connectivity index (χ0v) is 28.4. The normalized spacial score (nSPS) is 17.9. The molecular formula is C36H45FO6SSi. The fourth-order valence-corrected chi connectivity index (χ4v) is 12.9. The Morgan fingerprint density at radius 1 is 1.02 bits per heavy atom. The van der Waals surface area contributed by atoms with Crippen molar-refractivity contribution in [2.75, 3.05) is 19.0 Å². The number of hydrogen-bond acceptors (Lipinski definition) is 6. The van der Waals surface area contributed by atoms with Crippen molar-refractivity contribution in [3.8, 4) is 5.75 Å². The molecule has 1 aliphatic rings. The van der Waals surface area contributed by atoms with Crippen LogP contribution in [-0.4, -0.2) is 62.4 Å². The fourth-order valence-electron chi connectivity index (χ4n) is 6.51. The van der Waals surface area contributed by atoms with Crippen molar-refractivity contribution in [3.05, 3.63) is 107 Å². The van der Waals surface area contributed by atoms with E-state index in [-0.39, 0.29) is 23.8 Å². The van der Waals surface area contributed by atoms with Crippen molar-refractivity contribution in [2.24, 2.45) is 0 Å². The van der Waals surface area contributed by atoms with Gasteiger partial charge in [0.05, 0.1) is 25.1 Å². The van der Waals surface area contributed by atoms with Crippen molar-refractivity contribution in [1.82, 2.24) is 0 Å². The van der Waals surface area contributed by atoms with Crippen LogP contribution < -0.4 is 10.4 Å². The number of sulfone groups is 1. The second-order valence-electron chi connectivity index (χ2n) is 12.8. The number of benzene rings is 3. The highest BCUT2D eigenvalue weighted by Gasteiger charge is 2.51. The zero-order chi connectivity index (χ0) is 32.8. The summed E-state index contributed by atoms with van der Waals surface area (Å²) in [5, 5.41) is 31.9. The van der Waals surface area contributed by atoms with Crippen molar-refractivity contribution in [2.45, 2.75) is 69.8 Å². The third-order valence-electron chi connectivity index (χ3n) is 8.62. The number of hydrogen-bond donors (Lipinski definition) is 3. The molecule has 0 saturated heterocycles. The van der Waals surface area contributed by atoms with Crippen LogP contribution in [0.4, 0.5) is 4.39 Å². The molecule has 45 heavy (non-hydrogen) atoms. The second kappa shape index (κ2) is 14.6. The average Bonchev–Trinajstić information content (AvgIpc) is 3.27. The van der Waals surface area contributed by atoms with Gasteiger partial charge in [0, 0.05) is 0 Å². The summed E-state index contributed by atoms with van der Waals surface area (Å²) in [7, 11) is -6.74. The predicted octanol–water partition coefficient (Wildman–Crippen LogP) is 5.52. The number of halogens is 1. The fraction of sp³-hybridized carbons (Fsp3) is 0.389. The molecule has 3 aromatic rings. The van der Waals surface area contributed by atoms with Crippen molar-refractivity contribution in [1.29, 1.82) is 0 Å². The molecule has 3 N–H and O–H groups in total. The number of aliphatic hydroxyl groups is 2. The number of aliphatic hydroxyl groups excluding tert-OH is 2. The first-order chi connectivity index (χ1) is 21.3. The molecule has 1 heterocycles. The standard InChI is InChI=1S/C36H45FO6SSi/c1-5-12-26(21-27-18-19-32(39)31(37)22-27)17-20-33(40)35-28(25-44(41,42)34(35)23-38)24-43-45(36(2,3)4,29-13-8-6-9-14-29)30-15-10-7-11-16-30/h6-11,13-16,18-19,21-22,33-34,38-40H,5,12,17,20,23-25H2,1-4H3/b26-21+/t33-,34+/m1/s1. The van der Waals surface area contributed by atoms with Gasteiger partial charge in [0.1, 0.15) is 5.25 Å². The SMILES string of the molecule is CCC/C(=C\c1ccc(O)c(F)c1)CC[C@@H](O)C1=C(CO[Si](c2ccccc2)(c2ccccc2)C(C)(C)C)CS(=O)(=O)[C@H]1CO. The summed E-state index contributed by atoms with van der Waals surface area (Å²) in [6.45, 7) is 7.85. The molecule has 0 aromatic heterocycles. The maximum Gasteiger partial charge on any atom is 0.261 e. The molecule has 3 aromatic carbocycles. The zero-order valence-electron chi connectivity index (χ0n) is 26.5. The van der Waals surface area contributed by atoms with Gasteiger partial charge in [-0.3, -0.25) is 0 Å². The van der Waals surface area contributed by atoms with E-state index in [4.69, 9.17) is 4.43 Å². The first-order valence-electron chi connectivity index (χ1n) is 15.5. The van der Waals surface area contributed by atoms with Crippen LogP contribution in [0.3, 0.4) is 0 Å². The van der Waals surface area contributed by atoms with E-state index in [0.717, 1.165) is 22.4 Å². The number of phenolic OH excluding ortho intramolecular Hbond substituents is 1. The molecule has 0 saturated carbocycles. The topological polar surface area (TPSA) is 104 Å². The van der Waals surface area contributed by atoms with Gasteiger partial charge in [-0.1, -0.05) is 112 Å². The Bertz CT molecular complexity index is 1570. The Morgan fingerprint density at radius 2 is 1.62 bits per heavy atom. The summed E-state index contributed by atoms with van der Waals surface area (Å²) in [4.78, 5) is 0. The number of allylic oxidation sites excluding steroid dienone is 1. The van der Waals surface area contributed by atoms with Gasteiger partial charge in [-0.15, -0.1) is 0 Å². The quantitative estimate of drug-likeness (QED) is 0.166. The first-order valence-corrected chi connectivity index (χ1v) is 19.1. The van der Waals surface area contributed by atoms with E-state index in [1.165, 1.54) is 12.1 Å². The van der Waals surface area contributed by atoms with Crippen molar-refractivity contribution < 1.29 is 32.6 Å². The van der Waals surface area contributed by atoms with E-state index in [1.54, 1.807) is 6.07 Å². The third-order valence-corrected chi connectivity index (χ3v) is 15.6. The van der Waals surface area contributed by atoms with Gasteiger partial charge in [-0.05, 0) is 63.5 Å². The van der Waals surface area contributed by atoms with Gasteiger partial charge in [-0.25, -0.2) is 12.8 Å². The summed E-state index contributed by atoms with van der Waals surface area (Å²) in [6, 6.07) is 24.3. The van der Waals surface area contributed by atoms with E-state index in [0.29, 0.717) is 29.6 Å². The van der Waals surface area contributed by atoms with Gasteiger partial charge in [-0.2, -0.15) is 0 Å². The number of phenols is 1. The molecule has 0 aliphatic carbocycles. The predicted molar refractivity (Wildman–Crippen MR) is 181 cm³/mol. The van der Waals surface area contributed by atoms with E-state index in [2.05, 4.69) is 45.0 Å². The molecule has 6 nitrogen and oxygen atoms in total. The smallest absolute Gasteiger partial charge is 0.261 e. The Balaban J connectivity index is 1.69. The lowest BCUT2D eigenvalue weighted by atomic mass is 9.93. The minimum atomic E-state index is -3.75. The molecule has 242 valence electrons. The van der Waals surface area contributed by atoms with E-state index >= 15 is 0 Å². The van der Waals surface area contributed by atoms with Crippen LogP contribution in [0.5, 0.6) is 5.75 Å².